The second kappa shape index (κ2) is 8.63. The fourth-order valence-electron chi connectivity index (χ4n) is 3.80. The van der Waals surface area contributed by atoms with Crippen LogP contribution < -0.4 is 4.90 Å². The SMILES string of the molecule is O=C(c1ccco1)N(c1ccccc1)C1CCN(Cc2ccccc2Cl)CC1. The molecule has 0 saturated carbocycles. The van der Waals surface area contributed by atoms with Gasteiger partial charge in [-0.05, 0) is 48.7 Å². The number of nitrogens with zero attached hydrogens (tertiary/aromatic N) is 2. The highest BCUT2D eigenvalue weighted by Crippen LogP contribution is 2.27. The first kappa shape index (κ1) is 18.8. The minimum atomic E-state index is -0.0826. The topological polar surface area (TPSA) is 36.7 Å². The molecule has 2 aromatic carbocycles. The van der Waals surface area contributed by atoms with Crippen molar-refractivity contribution in [1.82, 2.24) is 4.90 Å². The molecule has 144 valence electrons. The van der Waals surface area contributed by atoms with Gasteiger partial charge in [0.2, 0.25) is 0 Å². The Morgan fingerprint density at radius 3 is 2.39 bits per heavy atom. The van der Waals surface area contributed by atoms with E-state index in [4.69, 9.17) is 16.0 Å². The lowest BCUT2D eigenvalue weighted by atomic mass is 10.0. The lowest BCUT2D eigenvalue weighted by Crippen LogP contribution is -2.47. The maximum absolute atomic E-state index is 13.1. The molecule has 0 bridgehead atoms. The summed E-state index contributed by atoms with van der Waals surface area (Å²) in [7, 11) is 0. The van der Waals surface area contributed by atoms with Crippen LogP contribution in [0.5, 0.6) is 0 Å². The third kappa shape index (κ3) is 4.13. The highest BCUT2D eigenvalue weighted by Gasteiger charge is 2.31. The van der Waals surface area contributed by atoms with Crippen molar-refractivity contribution < 1.29 is 9.21 Å². The molecule has 5 heteroatoms. The summed E-state index contributed by atoms with van der Waals surface area (Å²) in [5.41, 5.74) is 2.06. The number of amides is 1. The number of hydrogen-bond acceptors (Lipinski definition) is 3. The van der Waals surface area contributed by atoms with E-state index in [-0.39, 0.29) is 11.9 Å². The van der Waals surface area contributed by atoms with Crippen molar-refractivity contribution >= 4 is 23.2 Å². The Bertz CT molecular complexity index is 903. The van der Waals surface area contributed by atoms with Gasteiger partial charge < -0.3 is 9.32 Å². The van der Waals surface area contributed by atoms with Crippen molar-refractivity contribution in [3.05, 3.63) is 89.3 Å². The van der Waals surface area contributed by atoms with Crippen LogP contribution in [0.15, 0.2) is 77.4 Å². The third-order valence-electron chi connectivity index (χ3n) is 5.26. The minimum absolute atomic E-state index is 0.0826. The van der Waals surface area contributed by atoms with E-state index in [1.807, 2.05) is 53.4 Å². The van der Waals surface area contributed by atoms with Crippen LogP contribution >= 0.6 is 11.6 Å². The number of rotatable bonds is 5. The molecule has 1 aliphatic heterocycles. The van der Waals surface area contributed by atoms with Gasteiger partial charge in [0, 0.05) is 36.4 Å². The maximum Gasteiger partial charge on any atom is 0.294 e. The Morgan fingerprint density at radius 2 is 1.71 bits per heavy atom. The molecule has 0 N–H and O–H groups in total. The summed E-state index contributed by atoms with van der Waals surface area (Å²) >= 11 is 6.31. The van der Waals surface area contributed by atoms with Gasteiger partial charge in [0.25, 0.3) is 5.91 Å². The minimum Gasteiger partial charge on any atom is -0.459 e. The van der Waals surface area contributed by atoms with Crippen molar-refractivity contribution in [2.24, 2.45) is 0 Å². The number of carbonyl (C=O) groups excluding carboxylic acids is 1. The van der Waals surface area contributed by atoms with Crippen LogP contribution in [0.1, 0.15) is 29.0 Å². The van der Waals surface area contributed by atoms with Gasteiger partial charge in [-0.1, -0.05) is 48.0 Å². The second-order valence-corrected chi connectivity index (χ2v) is 7.49. The highest BCUT2D eigenvalue weighted by atomic mass is 35.5. The summed E-state index contributed by atoms with van der Waals surface area (Å²) in [6.45, 7) is 2.68. The molecule has 1 fully saturated rings. The summed E-state index contributed by atoms with van der Waals surface area (Å²) in [5, 5.41) is 0.809. The molecule has 1 aromatic heterocycles. The van der Waals surface area contributed by atoms with E-state index >= 15 is 0 Å². The lowest BCUT2D eigenvalue weighted by molar-refractivity contribution is 0.0932. The summed E-state index contributed by atoms with van der Waals surface area (Å²) < 4.78 is 5.39. The molecule has 0 spiro atoms. The van der Waals surface area contributed by atoms with Crippen molar-refractivity contribution in [3.8, 4) is 0 Å². The number of anilines is 1. The molecule has 1 saturated heterocycles. The Morgan fingerprint density at radius 1 is 1.00 bits per heavy atom. The second-order valence-electron chi connectivity index (χ2n) is 7.09. The number of para-hydroxylation sites is 1. The Hall–Kier alpha value is -2.56. The molecule has 0 unspecified atom stereocenters. The number of likely N-dealkylation sites (tertiary alicyclic amines) is 1. The smallest absolute Gasteiger partial charge is 0.294 e. The number of halogens is 1. The monoisotopic (exact) mass is 394 g/mol. The number of hydrogen-bond donors (Lipinski definition) is 0. The average Bonchev–Trinajstić information content (AvgIpc) is 3.27. The van der Waals surface area contributed by atoms with Gasteiger partial charge in [-0.2, -0.15) is 0 Å². The molecule has 4 nitrogen and oxygen atoms in total. The summed E-state index contributed by atoms with van der Waals surface area (Å²) in [5.74, 6) is 0.295. The summed E-state index contributed by atoms with van der Waals surface area (Å²) in [4.78, 5) is 17.4. The van der Waals surface area contributed by atoms with Gasteiger partial charge >= 0.3 is 0 Å². The lowest BCUT2D eigenvalue weighted by Gasteiger charge is -2.38. The summed E-state index contributed by atoms with van der Waals surface area (Å²) in [6, 6.07) is 21.5. The molecule has 28 heavy (non-hydrogen) atoms. The zero-order valence-corrected chi connectivity index (χ0v) is 16.4. The quantitative estimate of drug-likeness (QED) is 0.593. The first-order valence-electron chi connectivity index (χ1n) is 9.60. The van der Waals surface area contributed by atoms with E-state index in [1.54, 1.807) is 18.4 Å². The van der Waals surface area contributed by atoms with E-state index < -0.39 is 0 Å². The van der Waals surface area contributed by atoms with Crippen molar-refractivity contribution in [2.45, 2.75) is 25.4 Å². The van der Waals surface area contributed by atoms with Crippen LogP contribution in [-0.2, 0) is 6.54 Å². The predicted octanol–water partition coefficient (Wildman–Crippen LogP) is 5.24. The molecule has 0 aliphatic carbocycles. The van der Waals surface area contributed by atoms with E-state index in [1.165, 1.54) is 0 Å². The molecule has 1 aliphatic rings. The van der Waals surface area contributed by atoms with E-state index in [0.717, 1.165) is 48.7 Å². The van der Waals surface area contributed by atoms with Gasteiger partial charge in [-0.25, -0.2) is 0 Å². The van der Waals surface area contributed by atoms with Crippen molar-refractivity contribution in [3.63, 3.8) is 0 Å². The van der Waals surface area contributed by atoms with Crippen LogP contribution in [0.25, 0.3) is 0 Å². The fraction of sp³-hybridized carbons (Fsp3) is 0.261. The number of benzene rings is 2. The van der Waals surface area contributed by atoms with Crippen LogP contribution in [-0.4, -0.2) is 29.9 Å². The number of furan rings is 1. The molecule has 2 heterocycles. The largest absolute Gasteiger partial charge is 0.459 e. The predicted molar refractivity (Wildman–Crippen MR) is 112 cm³/mol. The highest BCUT2D eigenvalue weighted by molar-refractivity contribution is 6.31. The first-order valence-corrected chi connectivity index (χ1v) is 9.98. The normalized spacial score (nSPS) is 15.5. The molecule has 1 amide bonds. The van der Waals surface area contributed by atoms with Gasteiger partial charge in [0.05, 0.1) is 6.26 Å². The molecule has 4 rings (SSSR count). The fourth-order valence-corrected chi connectivity index (χ4v) is 4.00. The van der Waals surface area contributed by atoms with Gasteiger partial charge in [0.1, 0.15) is 0 Å². The van der Waals surface area contributed by atoms with Crippen molar-refractivity contribution in [2.75, 3.05) is 18.0 Å². The van der Waals surface area contributed by atoms with Gasteiger partial charge in [-0.15, -0.1) is 0 Å². The Labute approximate surface area is 170 Å². The number of carbonyl (C=O) groups is 1. The average molecular weight is 395 g/mol. The maximum atomic E-state index is 13.1. The van der Waals surface area contributed by atoms with E-state index in [2.05, 4.69) is 11.0 Å². The Kier molecular flexibility index (Phi) is 5.79. The van der Waals surface area contributed by atoms with Crippen LogP contribution in [0.3, 0.4) is 0 Å². The first-order chi connectivity index (χ1) is 13.7. The van der Waals surface area contributed by atoms with Crippen LogP contribution in [0.2, 0.25) is 5.02 Å². The molecule has 3 aromatic rings. The van der Waals surface area contributed by atoms with E-state index in [9.17, 15) is 4.79 Å². The zero-order chi connectivity index (χ0) is 19.3. The van der Waals surface area contributed by atoms with Crippen LogP contribution in [0, 0.1) is 0 Å². The molecular formula is C23H23ClN2O2. The van der Waals surface area contributed by atoms with Gasteiger partial charge in [0.15, 0.2) is 5.76 Å². The zero-order valence-electron chi connectivity index (χ0n) is 15.6. The third-order valence-corrected chi connectivity index (χ3v) is 5.63. The number of piperidine rings is 1. The van der Waals surface area contributed by atoms with Crippen LogP contribution in [0.4, 0.5) is 5.69 Å². The van der Waals surface area contributed by atoms with Crippen molar-refractivity contribution in [1.29, 1.82) is 0 Å². The Balaban J connectivity index is 1.48. The molecule has 0 atom stereocenters. The van der Waals surface area contributed by atoms with Gasteiger partial charge in [-0.3, -0.25) is 9.69 Å². The standard InChI is InChI=1S/C23H23ClN2O2/c24-21-10-5-4-7-18(21)17-25-14-12-20(13-15-25)26(19-8-2-1-3-9-19)23(27)22-11-6-16-28-22/h1-11,16,20H,12-15,17H2. The molecule has 0 radical (unpaired) electrons. The summed E-state index contributed by atoms with van der Waals surface area (Å²) in [6.07, 6.45) is 3.36. The molecular weight excluding hydrogens is 372 g/mol. The van der Waals surface area contributed by atoms with E-state index in [0.29, 0.717) is 5.76 Å².